The van der Waals surface area contributed by atoms with Crippen LogP contribution in [0, 0.1) is 6.92 Å². The van der Waals surface area contributed by atoms with E-state index in [0.717, 1.165) is 11.3 Å². The van der Waals surface area contributed by atoms with E-state index in [2.05, 4.69) is 20.7 Å². The summed E-state index contributed by atoms with van der Waals surface area (Å²) in [6, 6.07) is 7.54. The van der Waals surface area contributed by atoms with E-state index in [0.29, 0.717) is 0 Å². The second-order valence-corrected chi connectivity index (χ2v) is 3.32. The normalized spacial score (nSPS) is 10.1. The second-order valence-electron chi connectivity index (χ2n) is 3.32. The third-order valence-electron chi connectivity index (χ3n) is 2.03. The molecule has 0 saturated carbocycles. The van der Waals surface area contributed by atoms with Crippen molar-refractivity contribution in [3.8, 4) is 0 Å². The molecule has 0 aliphatic rings. The molecule has 6 heteroatoms. The van der Waals surface area contributed by atoms with E-state index in [-0.39, 0.29) is 11.5 Å². The number of aromatic carboxylic acids is 1. The number of carboxylic acid groups (broad SMARTS) is 1. The average Bonchev–Trinajstić information content (AvgIpc) is 2.66. The van der Waals surface area contributed by atoms with Crippen molar-refractivity contribution in [1.29, 1.82) is 0 Å². The minimum Gasteiger partial charge on any atom is -0.476 e. The zero-order chi connectivity index (χ0) is 11.5. The molecule has 2 rings (SSSR count). The second kappa shape index (κ2) is 4.01. The third-order valence-corrected chi connectivity index (χ3v) is 2.03. The molecule has 1 heterocycles. The maximum Gasteiger partial charge on any atom is 0.360 e. The van der Waals surface area contributed by atoms with Gasteiger partial charge in [-0.2, -0.15) is 5.21 Å². The molecule has 0 atom stereocenters. The van der Waals surface area contributed by atoms with Gasteiger partial charge in [-0.1, -0.05) is 12.1 Å². The van der Waals surface area contributed by atoms with Crippen LogP contribution in [0.15, 0.2) is 24.3 Å². The Morgan fingerprint density at radius 2 is 2.25 bits per heavy atom. The van der Waals surface area contributed by atoms with Gasteiger partial charge in [0.05, 0.1) is 0 Å². The quantitative estimate of drug-likeness (QED) is 0.727. The van der Waals surface area contributed by atoms with Crippen molar-refractivity contribution >= 4 is 17.5 Å². The number of carboxylic acids is 1. The van der Waals surface area contributed by atoms with Gasteiger partial charge in [-0.3, -0.25) is 0 Å². The van der Waals surface area contributed by atoms with Gasteiger partial charge in [0.15, 0.2) is 5.82 Å². The molecule has 2 aromatic rings. The highest BCUT2D eigenvalue weighted by Gasteiger charge is 2.14. The van der Waals surface area contributed by atoms with Crippen LogP contribution in [0.3, 0.4) is 0 Å². The van der Waals surface area contributed by atoms with Crippen LogP contribution in [0.2, 0.25) is 0 Å². The summed E-state index contributed by atoms with van der Waals surface area (Å²) in [7, 11) is 0. The summed E-state index contributed by atoms with van der Waals surface area (Å²) in [5.41, 5.74) is 1.73. The smallest absolute Gasteiger partial charge is 0.360 e. The molecule has 0 spiro atoms. The highest BCUT2D eigenvalue weighted by atomic mass is 16.4. The molecule has 1 aromatic heterocycles. The molecule has 3 N–H and O–H groups in total. The number of hydrogen-bond acceptors (Lipinski definition) is 4. The summed E-state index contributed by atoms with van der Waals surface area (Å²) in [4.78, 5) is 10.8. The van der Waals surface area contributed by atoms with Crippen LogP contribution in [0.5, 0.6) is 0 Å². The van der Waals surface area contributed by atoms with Crippen molar-refractivity contribution in [3.63, 3.8) is 0 Å². The number of nitrogens with one attached hydrogen (secondary N) is 2. The van der Waals surface area contributed by atoms with E-state index in [9.17, 15) is 4.79 Å². The van der Waals surface area contributed by atoms with Crippen LogP contribution >= 0.6 is 0 Å². The van der Waals surface area contributed by atoms with Gasteiger partial charge < -0.3 is 10.4 Å². The Bertz CT molecular complexity index is 521. The molecular formula is C10H10N4O2. The van der Waals surface area contributed by atoms with Crippen molar-refractivity contribution in [2.24, 2.45) is 0 Å². The molecule has 6 nitrogen and oxygen atoms in total. The zero-order valence-corrected chi connectivity index (χ0v) is 8.56. The fourth-order valence-corrected chi connectivity index (χ4v) is 1.33. The number of aryl methyl sites for hydroxylation is 1. The molecule has 0 aliphatic heterocycles. The molecule has 0 amide bonds. The summed E-state index contributed by atoms with van der Waals surface area (Å²) in [5.74, 6) is -0.915. The van der Waals surface area contributed by atoms with Crippen molar-refractivity contribution in [2.45, 2.75) is 6.92 Å². The number of aromatic amines is 1. The lowest BCUT2D eigenvalue weighted by Crippen LogP contribution is -2.02. The van der Waals surface area contributed by atoms with Crippen LogP contribution in [0.25, 0.3) is 0 Å². The molecule has 1 aromatic carbocycles. The maximum atomic E-state index is 10.8. The van der Waals surface area contributed by atoms with Gasteiger partial charge in [0.2, 0.25) is 5.69 Å². The fourth-order valence-electron chi connectivity index (χ4n) is 1.33. The predicted octanol–water partition coefficient (Wildman–Crippen LogP) is 1.55. The molecule has 0 fully saturated rings. The van der Waals surface area contributed by atoms with Crippen LogP contribution in [0.4, 0.5) is 11.5 Å². The predicted molar refractivity (Wildman–Crippen MR) is 57.8 cm³/mol. The minimum absolute atomic E-state index is 0.124. The van der Waals surface area contributed by atoms with E-state index in [1.807, 2.05) is 31.2 Å². The summed E-state index contributed by atoms with van der Waals surface area (Å²) in [6.45, 7) is 1.95. The first-order valence-corrected chi connectivity index (χ1v) is 4.64. The van der Waals surface area contributed by atoms with E-state index in [1.54, 1.807) is 0 Å². The first kappa shape index (κ1) is 10.2. The van der Waals surface area contributed by atoms with E-state index < -0.39 is 5.97 Å². The summed E-state index contributed by atoms with van der Waals surface area (Å²) in [6.07, 6.45) is 0. The Hall–Kier alpha value is -2.37. The van der Waals surface area contributed by atoms with Crippen LogP contribution in [0.1, 0.15) is 16.1 Å². The Morgan fingerprint density at radius 3 is 2.94 bits per heavy atom. The molecule has 0 bridgehead atoms. The summed E-state index contributed by atoms with van der Waals surface area (Å²) in [5, 5.41) is 21.3. The van der Waals surface area contributed by atoms with Gasteiger partial charge in [0.1, 0.15) is 0 Å². The Morgan fingerprint density at radius 1 is 1.44 bits per heavy atom. The Labute approximate surface area is 91.3 Å². The van der Waals surface area contributed by atoms with Crippen molar-refractivity contribution < 1.29 is 9.90 Å². The van der Waals surface area contributed by atoms with Gasteiger partial charge in [-0.05, 0) is 24.6 Å². The van der Waals surface area contributed by atoms with Gasteiger partial charge in [0, 0.05) is 5.69 Å². The number of anilines is 2. The Kier molecular flexibility index (Phi) is 2.55. The lowest BCUT2D eigenvalue weighted by atomic mass is 10.2. The highest BCUT2D eigenvalue weighted by molar-refractivity contribution is 5.91. The third kappa shape index (κ3) is 2.00. The standard InChI is InChI=1S/C10H10N4O2/c1-6-3-2-4-7(5-6)11-9-8(10(15)16)12-14-13-9/h2-5H,1H3,(H,15,16)(H2,11,12,13,14). The molecule has 0 unspecified atom stereocenters. The number of benzene rings is 1. The number of rotatable bonds is 3. The number of nitrogens with zero attached hydrogens (tertiary/aromatic N) is 2. The minimum atomic E-state index is -1.12. The Balaban J connectivity index is 2.27. The van der Waals surface area contributed by atoms with Gasteiger partial charge in [0.25, 0.3) is 0 Å². The first-order chi connectivity index (χ1) is 7.66. The van der Waals surface area contributed by atoms with Crippen molar-refractivity contribution in [1.82, 2.24) is 15.4 Å². The van der Waals surface area contributed by atoms with Gasteiger partial charge in [-0.25, -0.2) is 4.79 Å². The van der Waals surface area contributed by atoms with Crippen LogP contribution in [-0.2, 0) is 0 Å². The van der Waals surface area contributed by atoms with Crippen LogP contribution < -0.4 is 5.32 Å². The number of hydrogen-bond donors (Lipinski definition) is 3. The number of H-pyrrole nitrogens is 1. The van der Waals surface area contributed by atoms with E-state index in [4.69, 9.17) is 5.11 Å². The van der Waals surface area contributed by atoms with E-state index >= 15 is 0 Å². The molecule has 16 heavy (non-hydrogen) atoms. The van der Waals surface area contributed by atoms with Gasteiger partial charge in [-0.15, -0.1) is 10.2 Å². The molecule has 0 saturated heterocycles. The van der Waals surface area contributed by atoms with Crippen molar-refractivity contribution in [2.75, 3.05) is 5.32 Å². The monoisotopic (exact) mass is 218 g/mol. The summed E-state index contributed by atoms with van der Waals surface area (Å²) < 4.78 is 0. The zero-order valence-electron chi connectivity index (χ0n) is 8.56. The first-order valence-electron chi connectivity index (χ1n) is 4.64. The lowest BCUT2D eigenvalue weighted by Gasteiger charge is -2.03. The summed E-state index contributed by atoms with van der Waals surface area (Å²) >= 11 is 0. The SMILES string of the molecule is Cc1cccc(Nc2n[nH]nc2C(=O)O)c1. The fraction of sp³-hybridized carbons (Fsp3) is 0.100. The molecule has 82 valence electrons. The van der Waals surface area contributed by atoms with Crippen molar-refractivity contribution in [3.05, 3.63) is 35.5 Å². The van der Waals surface area contributed by atoms with E-state index in [1.165, 1.54) is 0 Å². The average molecular weight is 218 g/mol. The largest absolute Gasteiger partial charge is 0.476 e. The highest BCUT2D eigenvalue weighted by Crippen LogP contribution is 2.17. The molecule has 0 aliphatic carbocycles. The number of aromatic nitrogens is 3. The maximum absolute atomic E-state index is 10.8. The lowest BCUT2D eigenvalue weighted by molar-refractivity contribution is 0.0691. The topological polar surface area (TPSA) is 90.9 Å². The molecule has 0 radical (unpaired) electrons. The van der Waals surface area contributed by atoms with Crippen LogP contribution in [-0.4, -0.2) is 26.5 Å². The van der Waals surface area contributed by atoms with Gasteiger partial charge >= 0.3 is 5.97 Å². The molecular weight excluding hydrogens is 208 g/mol. The number of carbonyl (C=O) groups is 1.